The molecule has 490 valence electrons. The van der Waals surface area contributed by atoms with Crippen LogP contribution in [0, 0.1) is 34.0 Å². The maximum atomic E-state index is 17.3. The number of carbonyl (C=O) groups is 3. The summed E-state index contributed by atoms with van der Waals surface area (Å²) in [5.74, 6) is -1.41. The predicted molar refractivity (Wildman–Crippen MR) is 368 cm³/mol. The van der Waals surface area contributed by atoms with Crippen molar-refractivity contribution in [3.05, 3.63) is 287 Å². The van der Waals surface area contributed by atoms with Crippen molar-refractivity contribution in [3.63, 3.8) is 0 Å². The normalized spacial score (nSPS) is 20.6. The second-order valence-corrected chi connectivity index (χ2v) is 26.4. The van der Waals surface area contributed by atoms with Crippen LogP contribution >= 0.6 is 0 Å². The zero-order valence-electron chi connectivity index (χ0n) is 54.7. The highest BCUT2D eigenvalue weighted by molar-refractivity contribution is 5.88. The van der Waals surface area contributed by atoms with E-state index in [0.29, 0.717) is 101 Å². The van der Waals surface area contributed by atoms with Crippen LogP contribution in [-0.4, -0.2) is 140 Å². The fourth-order valence-corrected chi connectivity index (χ4v) is 16.9. The number of hydrogen-bond donors (Lipinski definition) is 0. The average Bonchev–Trinajstić information content (AvgIpc) is 1.49. The molecule has 5 aliphatic heterocycles. The number of amides is 3. The lowest BCUT2D eigenvalue weighted by Crippen LogP contribution is -2.64. The van der Waals surface area contributed by atoms with E-state index in [-0.39, 0.29) is 29.6 Å². The summed E-state index contributed by atoms with van der Waals surface area (Å²) < 4.78 is 0. The lowest BCUT2D eigenvalue weighted by atomic mass is 9.81. The molecule has 0 aliphatic carbocycles. The van der Waals surface area contributed by atoms with E-state index in [4.69, 9.17) is 0 Å². The van der Waals surface area contributed by atoms with Crippen molar-refractivity contribution in [2.75, 3.05) is 32.7 Å². The van der Waals surface area contributed by atoms with E-state index >= 15 is 14.4 Å². The first kappa shape index (κ1) is 64.6. The molecular weight excluding hydrogens is 1220 g/mol. The quantitative estimate of drug-likeness (QED) is 0.0693. The molecule has 5 saturated heterocycles. The SMILES string of the molecule is N#Cc1cccc(C(C(c2cccnc2)c2cccnc2)N2CCCC2C(=O)N2CCCC2N(C(=O)C2CCCN2C(c2cccc(C#N)c2)C(c2cccnc2)c2cccnc2)C2CCCN2C(=O)C2CCCN2C(c2cccc(C#N)c2)C(c2cccnc2)c2cccnc2)c1. The van der Waals surface area contributed by atoms with E-state index < -0.39 is 54.5 Å². The zero-order chi connectivity index (χ0) is 66.9. The van der Waals surface area contributed by atoms with E-state index in [2.05, 4.69) is 111 Å². The highest BCUT2D eigenvalue weighted by Gasteiger charge is 2.53. The average molecular weight is 1300 g/mol. The smallest absolute Gasteiger partial charge is 0.243 e. The molecule has 0 N–H and O–H groups in total. The fraction of sp³-hybridized carbons (Fsp3) is 0.325. The van der Waals surface area contributed by atoms with Crippen LogP contribution in [0.1, 0.15) is 167 Å². The van der Waals surface area contributed by atoms with Crippen LogP contribution < -0.4 is 0 Å². The summed E-state index contributed by atoms with van der Waals surface area (Å²) in [5.41, 5.74) is 9.74. The first-order valence-electron chi connectivity index (χ1n) is 34.4. The Morgan fingerprint density at radius 3 is 0.918 bits per heavy atom. The maximum absolute atomic E-state index is 17.3. The van der Waals surface area contributed by atoms with Gasteiger partial charge in [0.15, 0.2) is 0 Å². The number of rotatable bonds is 20. The molecule has 6 aromatic heterocycles. The van der Waals surface area contributed by atoms with Gasteiger partial charge in [0, 0.05) is 123 Å². The summed E-state index contributed by atoms with van der Waals surface area (Å²) in [5, 5.41) is 31.3. The summed E-state index contributed by atoms with van der Waals surface area (Å²) >= 11 is 0. The van der Waals surface area contributed by atoms with Crippen LogP contribution in [-0.2, 0) is 14.4 Å². The molecule has 8 unspecified atom stereocenters. The topological polar surface area (TPSA) is 219 Å². The highest BCUT2D eigenvalue weighted by atomic mass is 16.2. The van der Waals surface area contributed by atoms with Crippen molar-refractivity contribution >= 4 is 17.7 Å². The molecule has 0 saturated carbocycles. The number of aromatic nitrogens is 6. The Balaban J connectivity index is 0.883. The third-order valence-corrected chi connectivity index (χ3v) is 21.0. The molecule has 5 aliphatic rings. The molecule has 3 aromatic carbocycles. The molecule has 3 amide bonds. The monoisotopic (exact) mass is 1300 g/mol. The van der Waals surface area contributed by atoms with Gasteiger partial charge in [0.05, 0.1) is 53.0 Å². The van der Waals surface area contributed by atoms with Crippen LogP contribution in [0.3, 0.4) is 0 Å². The van der Waals surface area contributed by atoms with Gasteiger partial charge in [-0.15, -0.1) is 0 Å². The van der Waals surface area contributed by atoms with Gasteiger partial charge in [0.25, 0.3) is 0 Å². The van der Waals surface area contributed by atoms with Gasteiger partial charge in [-0.2, -0.15) is 15.8 Å². The fourth-order valence-electron chi connectivity index (χ4n) is 16.9. The molecule has 11 heterocycles. The summed E-state index contributed by atoms with van der Waals surface area (Å²) in [7, 11) is 0. The van der Waals surface area contributed by atoms with Gasteiger partial charge in [-0.1, -0.05) is 72.8 Å². The van der Waals surface area contributed by atoms with E-state index in [1.54, 1.807) is 43.2 Å². The Kier molecular flexibility index (Phi) is 19.6. The van der Waals surface area contributed by atoms with Crippen molar-refractivity contribution in [1.82, 2.24) is 59.3 Å². The largest absolute Gasteiger partial charge is 0.321 e. The number of benzene rings is 3. The van der Waals surface area contributed by atoms with E-state index in [0.717, 1.165) is 62.9 Å². The molecule has 0 spiro atoms. The molecule has 5 fully saturated rings. The summed E-state index contributed by atoms with van der Waals surface area (Å²) in [6.07, 6.45) is 26.3. The lowest BCUT2D eigenvalue weighted by molar-refractivity contribution is -0.161. The van der Waals surface area contributed by atoms with Gasteiger partial charge in [-0.25, -0.2) is 0 Å². The molecule has 98 heavy (non-hydrogen) atoms. The Hall–Kier alpha value is -10.7. The number of nitriles is 3. The van der Waals surface area contributed by atoms with Crippen molar-refractivity contribution in [2.45, 2.75) is 131 Å². The van der Waals surface area contributed by atoms with Gasteiger partial charge in [0.2, 0.25) is 17.7 Å². The maximum Gasteiger partial charge on any atom is 0.243 e. The third-order valence-electron chi connectivity index (χ3n) is 21.0. The van der Waals surface area contributed by atoms with Crippen LogP contribution in [0.25, 0.3) is 0 Å². The van der Waals surface area contributed by atoms with Crippen LogP contribution in [0.2, 0.25) is 0 Å². The van der Waals surface area contributed by atoms with Gasteiger partial charge in [-0.3, -0.25) is 59.0 Å². The number of hydrogen-bond acceptors (Lipinski definition) is 15. The Morgan fingerprint density at radius 2 is 0.633 bits per heavy atom. The standard InChI is InChI=1S/C80H77N15O3/c81-46-55-15-1-18-58(43-55)75(72(61-21-4-32-84-49-61)62-22-5-33-85-50-62)90-38-10-27-67(90)78(96)93-41-13-30-70(93)95(80(98)69-29-12-40-92(69)77(60-20-3-17-57(45-60)48-83)74(65-25-8-36-88-53-65)66-26-9-37-89-54-66)71-31-14-42-94(71)79(97)68-28-11-39-91(68)76(59-19-2-16-56(44-59)47-82)73(63-23-6-34-86-51-63)64-24-7-35-87-52-64/h1-9,15-26,32-37,43-45,49-54,67-77H,10-14,27-31,38-42H2. The van der Waals surface area contributed by atoms with Crippen LogP contribution in [0.5, 0.6) is 0 Å². The van der Waals surface area contributed by atoms with Gasteiger partial charge in [0.1, 0.15) is 12.3 Å². The van der Waals surface area contributed by atoms with Crippen molar-refractivity contribution in [3.8, 4) is 18.2 Å². The zero-order valence-corrected chi connectivity index (χ0v) is 54.7. The minimum absolute atomic E-state index is 0.0832. The molecule has 14 rings (SSSR count). The van der Waals surface area contributed by atoms with Crippen molar-refractivity contribution in [1.29, 1.82) is 15.8 Å². The third kappa shape index (κ3) is 13.1. The molecule has 0 radical (unpaired) electrons. The molecule has 18 heteroatoms. The Labute approximate surface area is 572 Å². The summed E-state index contributed by atoms with van der Waals surface area (Å²) in [6, 6.07) is 50.9. The van der Waals surface area contributed by atoms with Gasteiger partial charge in [-0.05, 0) is 207 Å². The number of pyridine rings is 6. The minimum Gasteiger partial charge on any atom is -0.321 e. The van der Waals surface area contributed by atoms with E-state index in [1.165, 1.54) is 0 Å². The van der Waals surface area contributed by atoms with Crippen molar-refractivity contribution < 1.29 is 14.4 Å². The number of likely N-dealkylation sites (tertiary alicyclic amines) is 5. The molecular formula is C80H77N15O3. The number of carbonyl (C=O) groups excluding carboxylic acids is 3. The second kappa shape index (κ2) is 29.8. The number of nitrogens with zero attached hydrogens (tertiary/aromatic N) is 15. The van der Waals surface area contributed by atoms with Crippen molar-refractivity contribution in [2.24, 2.45) is 0 Å². The first-order chi connectivity index (χ1) is 48.3. The Bertz CT molecular complexity index is 4060. The van der Waals surface area contributed by atoms with Gasteiger partial charge < -0.3 is 14.7 Å². The molecule has 9 aromatic rings. The predicted octanol–water partition coefficient (Wildman–Crippen LogP) is 11.8. The lowest BCUT2D eigenvalue weighted by Gasteiger charge is -2.47. The second-order valence-electron chi connectivity index (χ2n) is 26.4. The van der Waals surface area contributed by atoms with Crippen LogP contribution in [0.15, 0.2) is 220 Å². The van der Waals surface area contributed by atoms with E-state index in [9.17, 15) is 15.8 Å². The highest BCUT2D eigenvalue weighted by Crippen LogP contribution is 2.49. The summed E-state index contributed by atoms with van der Waals surface area (Å²) in [4.78, 5) is 91.3. The van der Waals surface area contributed by atoms with Crippen LogP contribution in [0.4, 0.5) is 0 Å². The van der Waals surface area contributed by atoms with Gasteiger partial charge >= 0.3 is 0 Å². The molecule has 18 nitrogen and oxygen atoms in total. The minimum atomic E-state index is -0.736. The summed E-state index contributed by atoms with van der Waals surface area (Å²) in [6.45, 7) is 2.51. The molecule has 0 bridgehead atoms. The first-order valence-corrected chi connectivity index (χ1v) is 34.4. The Morgan fingerprint density at radius 1 is 0.357 bits per heavy atom. The molecule has 8 atom stereocenters. The van der Waals surface area contributed by atoms with E-state index in [1.807, 2.05) is 143 Å².